The molecule has 0 spiro atoms. The van der Waals surface area contributed by atoms with Crippen LogP contribution >= 0.6 is 15.9 Å². The van der Waals surface area contributed by atoms with E-state index >= 15 is 0 Å². The van der Waals surface area contributed by atoms with Gasteiger partial charge >= 0.3 is 5.69 Å². The molecule has 4 atom stereocenters. The summed E-state index contributed by atoms with van der Waals surface area (Å²) < 4.78 is 19.7. The number of rotatable bonds is 6. The average molecular weight is 514 g/mol. The first-order valence-corrected chi connectivity index (χ1v) is 11.1. The highest BCUT2D eigenvalue weighted by Crippen LogP contribution is 2.52. The minimum Gasteiger partial charge on any atom is -0.481 e. The molecule has 8 nitrogen and oxygen atoms in total. The second kappa shape index (κ2) is 8.18. The Labute approximate surface area is 196 Å². The van der Waals surface area contributed by atoms with Gasteiger partial charge in [0, 0.05) is 17.2 Å². The smallest absolute Gasteiger partial charge is 0.312 e. The van der Waals surface area contributed by atoms with Gasteiger partial charge in [0.05, 0.1) is 27.4 Å². The first-order chi connectivity index (χ1) is 15.8. The Morgan fingerprint density at radius 3 is 2.48 bits per heavy atom. The maximum atomic E-state index is 13.9. The number of amides is 2. The molecule has 2 fully saturated rings. The van der Waals surface area contributed by atoms with Crippen molar-refractivity contribution < 1.29 is 23.6 Å². The summed E-state index contributed by atoms with van der Waals surface area (Å²) in [4.78, 5) is 36.5. The molecule has 10 heteroatoms. The van der Waals surface area contributed by atoms with Crippen LogP contribution < -0.4 is 4.74 Å². The van der Waals surface area contributed by atoms with Crippen LogP contribution in [0.1, 0.15) is 17.5 Å². The van der Waals surface area contributed by atoms with Crippen LogP contribution in [0.2, 0.25) is 0 Å². The molecule has 0 unspecified atom stereocenters. The zero-order valence-electron chi connectivity index (χ0n) is 17.1. The van der Waals surface area contributed by atoms with E-state index < -0.39 is 10.7 Å². The molecule has 1 saturated carbocycles. The number of ether oxygens (including phenoxy) is 1. The maximum Gasteiger partial charge on any atom is 0.312 e. The van der Waals surface area contributed by atoms with Gasteiger partial charge in [-0.1, -0.05) is 30.4 Å². The maximum absolute atomic E-state index is 13.9. The number of hydrazone groups is 1. The Balaban J connectivity index is 1.38. The van der Waals surface area contributed by atoms with Gasteiger partial charge < -0.3 is 4.74 Å². The molecule has 3 aliphatic rings. The third-order valence-electron chi connectivity index (χ3n) is 6.34. The number of allylic oxidation sites excluding steroid dienone is 2. The fourth-order valence-corrected chi connectivity index (χ4v) is 5.42. The quantitative estimate of drug-likeness (QED) is 0.189. The number of halogens is 2. The van der Waals surface area contributed by atoms with Gasteiger partial charge in [0.1, 0.15) is 12.4 Å². The van der Waals surface area contributed by atoms with E-state index in [-0.39, 0.29) is 63.6 Å². The molecule has 2 aromatic carbocycles. The van der Waals surface area contributed by atoms with Crippen molar-refractivity contribution in [3.05, 3.63) is 80.1 Å². The standard InChI is InChI=1S/C23H17BrFN3O5/c24-16-7-12(8-18(28(31)32)21(16)33-11-15-3-1-2-4-17(15)25)10-26-27-22(29)19-13-5-6-14(9-13)20(19)23(27)30/h1-8,10,13-14,19-20H,9,11H2/t13-,14-,19-,20+/m0/s1. The number of hydrogen-bond acceptors (Lipinski definition) is 6. The topological polar surface area (TPSA) is 102 Å². The molecular weight excluding hydrogens is 497 g/mol. The third-order valence-corrected chi connectivity index (χ3v) is 6.93. The fourth-order valence-electron chi connectivity index (χ4n) is 4.84. The van der Waals surface area contributed by atoms with Gasteiger partial charge in [0.2, 0.25) is 5.75 Å². The number of nitro benzene ring substituents is 1. The highest BCUT2D eigenvalue weighted by molar-refractivity contribution is 9.10. The van der Waals surface area contributed by atoms with Crippen LogP contribution in [-0.2, 0) is 16.2 Å². The van der Waals surface area contributed by atoms with Gasteiger partial charge in [-0.25, -0.2) is 4.39 Å². The van der Waals surface area contributed by atoms with Gasteiger partial charge in [0.25, 0.3) is 11.8 Å². The average Bonchev–Trinajstić information content (AvgIpc) is 3.46. The van der Waals surface area contributed by atoms with Crippen LogP contribution in [0.25, 0.3) is 0 Å². The highest BCUT2D eigenvalue weighted by Gasteiger charge is 2.59. The number of carbonyl (C=O) groups excluding carboxylic acids is 2. The van der Waals surface area contributed by atoms with E-state index in [4.69, 9.17) is 4.74 Å². The molecule has 0 aromatic heterocycles. The van der Waals surface area contributed by atoms with E-state index in [1.807, 2.05) is 12.2 Å². The number of nitrogens with zero attached hydrogens (tertiary/aromatic N) is 3. The lowest BCUT2D eigenvalue weighted by Crippen LogP contribution is -2.28. The van der Waals surface area contributed by atoms with E-state index in [2.05, 4.69) is 21.0 Å². The first-order valence-electron chi connectivity index (χ1n) is 10.3. The van der Waals surface area contributed by atoms with Crippen LogP contribution in [0.5, 0.6) is 5.75 Å². The zero-order valence-corrected chi connectivity index (χ0v) is 18.6. The second-order valence-electron chi connectivity index (χ2n) is 8.22. The minimum atomic E-state index is -0.626. The van der Waals surface area contributed by atoms with Gasteiger partial charge in [-0.15, -0.1) is 0 Å². The van der Waals surface area contributed by atoms with Crippen LogP contribution in [0.3, 0.4) is 0 Å². The molecule has 1 saturated heterocycles. The molecule has 0 radical (unpaired) electrons. The molecular formula is C23H17BrFN3O5. The summed E-state index contributed by atoms with van der Waals surface area (Å²) in [6.07, 6.45) is 6.04. The molecule has 2 bridgehead atoms. The number of fused-ring (bicyclic) bond motifs is 5. The Hall–Kier alpha value is -3.40. The number of imide groups is 1. The van der Waals surface area contributed by atoms with Crippen LogP contribution in [-0.4, -0.2) is 28.0 Å². The molecule has 2 amide bonds. The summed E-state index contributed by atoms with van der Waals surface area (Å²) >= 11 is 3.26. The second-order valence-corrected chi connectivity index (χ2v) is 9.08. The van der Waals surface area contributed by atoms with Crippen molar-refractivity contribution in [3.63, 3.8) is 0 Å². The fraction of sp³-hybridized carbons (Fsp3) is 0.261. The largest absolute Gasteiger partial charge is 0.481 e. The van der Waals surface area contributed by atoms with E-state index in [0.29, 0.717) is 5.56 Å². The zero-order chi connectivity index (χ0) is 23.3. The predicted molar refractivity (Wildman–Crippen MR) is 119 cm³/mol. The lowest BCUT2D eigenvalue weighted by molar-refractivity contribution is -0.386. The van der Waals surface area contributed by atoms with Crippen LogP contribution in [0.15, 0.2) is 58.1 Å². The van der Waals surface area contributed by atoms with Crippen molar-refractivity contribution in [2.75, 3.05) is 0 Å². The molecule has 1 heterocycles. The van der Waals surface area contributed by atoms with E-state index in [0.717, 1.165) is 11.4 Å². The van der Waals surface area contributed by atoms with Gasteiger partial charge in [0.15, 0.2) is 0 Å². The van der Waals surface area contributed by atoms with Crippen molar-refractivity contribution >= 4 is 39.6 Å². The Morgan fingerprint density at radius 1 is 1.18 bits per heavy atom. The minimum absolute atomic E-state index is 0.0640. The molecule has 33 heavy (non-hydrogen) atoms. The lowest BCUT2D eigenvalue weighted by atomic mass is 9.85. The molecule has 168 valence electrons. The summed E-state index contributed by atoms with van der Waals surface area (Å²) in [5.74, 6) is -1.83. The van der Waals surface area contributed by atoms with Crippen molar-refractivity contribution in [2.45, 2.75) is 13.0 Å². The normalized spacial score (nSPS) is 25.3. The Bertz CT molecular complexity index is 1220. The lowest BCUT2D eigenvalue weighted by Gasteiger charge is -2.13. The summed E-state index contributed by atoms with van der Waals surface area (Å²) in [7, 11) is 0. The number of carbonyl (C=O) groups is 2. The summed E-state index contributed by atoms with van der Waals surface area (Å²) in [6.45, 7) is -0.199. The SMILES string of the molecule is O=C1[C@@H]2[C@H](C(=O)N1N=Cc1cc(Br)c(OCc3ccccc3F)c([N+](=O)[O-])c1)[C@H]1C=C[C@H]2C1. The van der Waals surface area contributed by atoms with Crippen molar-refractivity contribution in [2.24, 2.45) is 28.8 Å². The summed E-state index contributed by atoms with van der Waals surface area (Å²) in [5.41, 5.74) is 0.190. The van der Waals surface area contributed by atoms with E-state index in [1.165, 1.54) is 36.5 Å². The molecule has 0 N–H and O–H groups in total. The molecule has 1 aliphatic heterocycles. The van der Waals surface area contributed by atoms with Crippen molar-refractivity contribution in [1.82, 2.24) is 5.01 Å². The van der Waals surface area contributed by atoms with E-state index in [1.54, 1.807) is 6.07 Å². The predicted octanol–water partition coefficient (Wildman–Crippen LogP) is 4.22. The van der Waals surface area contributed by atoms with Gasteiger partial charge in [-0.2, -0.15) is 10.1 Å². The van der Waals surface area contributed by atoms with E-state index in [9.17, 15) is 24.1 Å². The summed E-state index contributed by atoms with van der Waals surface area (Å²) in [5, 5.41) is 16.6. The van der Waals surface area contributed by atoms with Gasteiger partial charge in [-0.3, -0.25) is 19.7 Å². The number of hydrogen-bond donors (Lipinski definition) is 0. The van der Waals surface area contributed by atoms with Gasteiger partial charge in [-0.05, 0) is 46.3 Å². The third kappa shape index (κ3) is 3.64. The molecule has 2 aromatic rings. The summed E-state index contributed by atoms with van der Waals surface area (Å²) in [6, 6.07) is 8.72. The molecule has 5 rings (SSSR count). The molecule has 2 aliphatic carbocycles. The van der Waals surface area contributed by atoms with Crippen molar-refractivity contribution in [1.29, 1.82) is 0 Å². The van der Waals surface area contributed by atoms with Crippen molar-refractivity contribution in [3.8, 4) is 5.75 Å². The first kappa shape index (κ1) is 21.4. The highest BCUT2D eigenvalue weighted by atomic mass is 79.9. The monoisotopic (exact) mass is 513 g/mol. The number of nitro groups is 1. The number of benzene rings is 2. The Kier molecular flexibility index (Phi) is 5.32. The van der Waals surface area contributed by atoms with Crippen LogP contribution in [0, 0.1) is 39.6 Å². The van der Waals surface area contributed by atoms with Crippen LogP contribution in [0.4, 0.5) is 10.1 Å². The Morgan fingerprint density at radius 2 is 1.85 bits per heavy atom.